The number of aromatic nitrogens is 1. The second-order valence-electron chi connectivity index (χ2n) is 8.76. The zero-order chi connectivity index (χ0) is 24.8. The number of carbonyl (C=O) groups excluding carboxylic acids is 2. The van der Waals surface area contributed by atoms with E-state index in [0.29, 0.717) is 24.6 Å². The Labute approximate surface area is 204 Å². The Morgan fingerprint density at radius 3 is 2.71 bits per heavy atom. The van der Waals surface area contributed by atoms with Gasteiger partial charge in [-0.05, 0) is 55.5 Å². The highest BCUT2D eigenvalue weighted by atomic mass is 16.5. The van der Waals surface area contributed by atoms with Gasteiger partial charge in [0.05, 0.1) is 19.9 Å². The fourth-order valence-corrected chi connectivity index (χ4v) is 4.54. The number of nitrogens with one attached hydrogen (secondary N) is 1. The predicted molar refractivity (Wildman–Crippen MR) is 132 cm³/mol. The van der Waals surface area contributed by atoms with Crippen LogP contribution in [0.15, 0.2) is 64.3 Å². The highest BCUT2D eigenvalue weighted by molar-refractivity contribution is 5.99. The van der Waals surface area contributed by atoms with Gasteiger partial charge in [-0.3, -0.25) is 14.4 Å². The van der Waals surface area contributed by atoms with Gasteiger partial charge in [-0.2, -0.15) is 0 Å². The van der Waals surface area contributed by atoms with Gasteiger partial charge in [0.2, 0.25) is 5.43 Å². The molecule has 1 atom stereocenters. The van der Waals surface area contributed by atoms with E-state index in [0.717, 1.165) is 31.2 Å². The van der Waals surface area contributed by atoms with Crippen molar-refractivity contribution in [3.8, 4) is 5.75 Å². The Morgan fingerprint density at radius 1 is 1.14 bits per heavy atom. The van der Waals surface area contributed by atoms with Crippen molar-refractivity contribution in [2.75, 3.05) is 13.7 Å². The average Bonchev–Trinajstić information content (AvgIpc) is 3.41. The van der Waals surface area contributed by atoms with E-state index in [1.54, 1.807) is 34.9 Å². The van der Waals surface area contributed by atoms with Crippen LogP contribution in [0.5, 0.6) is 5.75 Å². The van der Waals surface area contributed by atoms with E-state index >= 15 is 0 Å². The molecule has 1 saturated heterocycles. The predicted octanol–water partition coefficient (Wildman–Crippen LogP) is 3.83. The number of nitrogens with zero attached hydrogens (tertiary/aromatic N) is 2. The monoisotopic (exact) mass is 477 g/mol. The third-order valence-corrected chi connectivity index (χ3v) is 6.42. The molecule has 1 aromatic carbocycles. The summed E-state index contributed by atoms with van der Waals surface area (Å²) in [5, 5.41) is 2.73. The van der Waals surface area contributed by atoms with Crippen molar-refractivity contribution in [3.63, 3.8) is 0 Å². The summed E-state index contributed by atoms with van der Waals surface area (Å²) in [6.07, 6.45) is 8.31. The van der Waals surface area contributed by atoms with Gasteiger partial charge in [0.15, 0.2) is 0 Å². The first-order chi connectivity index (χ1) is 17.0. The number of rotatable bonds is 8. The maximum atomic E-state index is 13.6. The third-order valence-electron chi connectivity index (χ3n) is 6.42. The highest BCUT2D eigenvalue weighted by Crippen LogP contribution is 2.21. The van der Waals surface area contributed by atoms with Crippen molar-refractivity contribution in [1.82, 2.24) is 14.8 Å². The standard InChI is InChI=1S/C27H31N3O5/c1-3-20-9-4-5-12-30(20)27(33)24-18-29(16-19-8-6-10-21(14-19)34-2)17-23(25(24)31)26(32)28-15-22-11-7-13-35-22/h6-8,10-11,13-14,17-18,20H,3-5,9,12,15-16H2,1-2H3,(H,28,32)/t20-/m0/s1. The molecule has 1 aliphatic heterocycles. The summed E-state index contributed by atoms with van der Waals surface area (Å²) >= 11 is 0. The number of piperidine rings is 1. The fourth-order valence-electron chi connectivity index (χ4n) is 4.54. The lowest BCUT2D eigenvalue weighted by Crippen LogP contribution is -2.45. The van der Waals surface area contributed by atoms with Crippen molar-refractivity contribution in [3.05, 3.63) is 87.7 Å². The van der Waals surface area contributed by atoms with E-state index < -0.39 is 11.3 Å². The molecular weight excluding hydrogens is 446 g/mol. The topological polar surface area (TPSA) is 93.8 Å². The molecule has 2 aromatic heterocycles. The maximum absolute atomic E-state index is 13.6. The molecule has 0 radical (unpaired) electrons. The summed E-state index contributed by atoms with van der Waals surface area (Å²) in [5.74, 6) is 0.407. The van der Waals surface area contributed by atoms with E-state index in [9.17, 15) is 14.4 Å². The number of pyridine rings is 1. The molecule has 3 aromatic rings. The minimum absolute atomic E-state index is 0.0129. The molecule has 4 rings (SSSR count). The number of amides is 2. The van der Waals surface area contributed by atoms with E-state index in [1.807, 2.05) is 24.3 Å². The van der Waals surface area contributed by atoms with Gasteiger partial charge in [0.1, 0.15) is 22.6 Å². The second kappa shape index (κ2) is 11.1. The van der Waals surface area contributed by atoms with Crippen LogP contribution in [0.3, 0.4) is 0 Å². The van der Waals surface area contributed by atoms with Gasteiger partial charge in [0.25, 0.3) is 11.8 Å². The average molecular weight is 478 g/mol. The van der Waals surface area contributed by atoms with Gasteiger partial charge in [-0.25, -0.2) is 0 Å². The molecule has 1 fully saturated rings. The number of furan rings is 1. The molecular formula is C27H31N3O5. The van der Waals surface area contributed by atoms with Crippen molar-refractivity contribution in [2.45, 2.75) is 51.7 Å². The molecule has 1 N–H and O–H groups in total. The normalized spacial score (nSPS) is 15.6. The fraction of sp³-hybridized carbons (Fsp3) is 0.370. The van der Waals surface area contributed by atoms with Crippen molar-refractivity contribution >= 4 is 11.8 Å². The third kappa shape index (κ3) is 5.65. The van der Waals surface area contributed by atoms with Gasteiger partial charge < -0.3 is 23.9 Å². The van der Waals surface area contributed by atoms with Crippen LogP contribution in [-0.4, -0.2) is 41.0 Å². The van der Waals surface area contributed by atoms with Crippen LogP contribution in [0.2, 0.25) is 0 Å². The Hall–Kier alpha value is -3.81. The lowest BCUT2D eigenvalue weighted by molar-refractivity contribution is 0.0605. The quantitative estimate of drug-likeness (QED) is 0.532. The first-order valence-corrected chi connectivity index (χ1v) is 12.0. The highest BCUT2D eigenvalue weighted by Gasteiger charge is 2.29. The van der Waals surface area contributed by atoms with E-state index in [1.165, 1.54) is 12.5 Å². The molecule has 184 valence electrons. The molecule has 0 unspecified atom stereocenters. The summed E-state index contributed by atoms with van der Waals surface area (Å²) < 4.78 is 12.3. The molecule has 2 amide bonds. The number of likely N-dealkylation sites (tertiary alicyclic amines) is 1. The molecule has 0 spiro atoms. The number of benzene rings is 1. The Morgan fingerprint density at radius 2 is 1.97 bits per heavy atom. The second-order valence-corrected chi connectivity index (χ2v) is 8.76. The lowest BCUT2D eigenvalue weighted by Gasteiger charge is -2.35. The lowest BCUT2D eigenvalue weighted by atomic mass is 9.98. The van der Waals surface area contributed by atoms with Crippen molar-refractivity contribution in [2.24, 2.45) is 0 Å². The molecule has 1 aliphatic rings. The van der Waals surface area contributed by atoms with Crippen LogP contribution >= 0.6 is 0 Å². The van der Waals surface area contributed by atoms with E-state index in [-0.39, 0.29) is 29.6 Å². The molecule has 0 bridgehead atoms. The molecule has 8 heteroatoms. The van der Waals surface area contributed by atoms with Crippen molar-refractivity contribution < 1.29 is 18.7 Å². The Kier molecular flexibility index (Phi) is 7.70. The van der Waals surface area contributed by atoms with Gasteiger partial charge in [-0.15, -0.1) is 0 Å². The first kappa shape index (κ1) is 24.3. The van der Waals surface area contributed by atoms with Crippen LogP contribution in [-0.2, 0) is 13.1 Å². The SMILES string of the molecule is CC[C@H]1CCCCN1C(=O)c1cn(Cc2cccc(OC)c2)cc(C(=O)NCc2ccco2)c1=O. The zero-order valence-corrected chi connectivity index (χ0v) is 20.2. The number of methoxy groups -OCH3 is 1. The number of hydrogen-bond donors (Lipinski definition) is 1. The van der Waals surface area contributed by atoms with E-state index in [2.05, 4.69) is 12.2 Å². The summed E-state index contributed by atoms with van der Waals surface area (Å²) in [6.45, 7) is 3.17. The number of ether oxygens (including phenoxy) is 1. The van der Waals surface area contributed by atoms with Crippen LogP contribution in [0.25, 0.3) is 0 Å². The van der Waals surface area contributed by atoms with E-state index in [4.69, 9.17) is 9.15 Å². The minimum Gasteiger partial charge on any atom is -0.497 e. The van der Waals surface area contributed by atoms with Crippen LogP contribution in [0.4, 0.5) is 0 Å². The number of hydrogen-bond acceptors (Lipinski definition) is 5. The summed E-state index contributed by atoms with van der Waals surface area (Å²) in [7, 11) is 1.60. The van der Waals surface area contributed by atoms with Gasteiger partial charge in [0, 0.05) is 31.5 Å². The molecule has 3 heterocycles. The molecule has 8 nitrogen and oxygen atoms in total. The minimum atomic E-state index is -0.561. The first-order valence-electron chi connectivity index (χ1n) is 12.0. The molecule has 35 heavy (non-hydrogen) atoms. The summed E-state index contributed by atoms with van der Waals surface area (Å²) in [5.41, 5.74) is 0.293. The zero-order valence-electron chi connectivity index (χ0n) is 20.2. The Bertz CT molecular complexity index is 1230. The molecule has 0 saturated carbocycles. The Balaban J connectivity index is 1.69. The van der Waals surface area contributed by atoms with Gasteiger partial charge >= 0.3 is 0 Å². The van der Waals surface area contributed by atoms with Crippen LogP contribution < -0.4 is 15.5 Å². The molecule has 0 aliphatic carbocycles. The smallest absolute Gasteiger partial charge is 0.259 e. The van der Waals surface area contributed by atoms with Crippen molar-refractivity contribution in [1.29, 1.82) is 0 Å². The summed E-state index contributed by atoms with van der Waals surface area (Å²) in [4.78, 5) is 41.8. The van der Waals surface area contributed by atoms with Crippen LogP contribution in [0.1, 0.15) is 64.6 Å². The van der Waals surface area contributed by atoms with Crippen LogP contribution in [0, 0.1) is 0 Å². The summed E-state index contributed by atoms with van der Waals surface area (Å²) in [6, 6.07) is 11.1. The largest absolute Gasteiger partial charge is 0.497 e. The maximum Gasteiger partial charge on any atom is 0.259 e. The number of carbonyl (C=O) groups is 2. The van der Waals surface area contributed by atoms with Gasteiger partial charge in [-0.1, -0.05) is 19.1 Å².